The van der Waals surface area contributed by atoms with Crippen LogP contribution in [-0.2, 0) is 4.74 Å². The lowest BCUT2D eigenvalue weighted by molar-refractivity contribution is 0.0474. The second-order valence-corrected chi connectivity index (χ2v) is 8.38. The molecular weight excluding hydrogens is 368 g/mol. The van der Waals surface area contributed by atoms with Crippen LogP contribution in [0.1, 0.15) is 39.2 Å². The zero-order valence-corrected chi connectivity index (χ0v) is 16.7. The molecule has 1 unspecified atom stereocenters. The summed E-state index contributed by atoms with van der Waals surface area (Å²) in [4.78, 5) is 14.3. The maximum Gasteiger partial charge on any atom is 0.407 e. The molecule has 0 heterocycles. The summed E-state index contributed by atoms with van der Waals surface area (Å²) in [5, 5.41) is 3.03. The highest BCUT2D eigenvalue weighted by Gasteiger charge is 2.30. The molecule has 0 fully saturated rings. The minimum Gasteiger partial charge on any atom is -0.444 e. The van der Waals surface area contributed by atoms with Gasteiger partial charge >= 0.3 is 6.09 Å². The van der Waals surface area contributed by atoms with E-state index in [-0.39, 0.29) is 18.2 Å². The van der Waals surface area contributed by atoms with Crippen LogP contribution in [0.3, 0.4) is 0 Å². The topological polar surface area (TPSA) is 41.6 Å². The monoisotopic (exact) mass is 394 g/mol. The van der Waals surface area contributed by atoms with Gasteiger partial charge in [-0.15, -0.1) is 0 Å². The van der Waals surface area contributed by atoms with Gasteiger partial charge in [-0.3, -0.25) is 0 Å². The molecule has 132 valence electrons. The molecule has 0 saturated carbocycles. The van der Waals surface area contributed by atoms with Gasteiger partial charge in [0, 0.05) is 10.5 Å². The number of carbonyl (C=O) groups is 1. The summed E-state index contributed by atoms with van der Waals surface area (Å²) in [6.45, 7) is 5.63. The Kier molecular flexibility index (Phi) is 6.10. The molecular formula is C19H27BrN2O2. The standard InChI is InChI=1S/C19H27BrN2O2/c1-19(2,3)24-18(23)21-16-10-9-14(12-17(16)22(4)5)13-7-6-8-15(20)11-13/h6-9,11,16-17H,10,12H2,1-5H3,(H,21,23)/t16?,17-/m0/s1. The first-order chi connectivity index (χ1) is 11.2. The summed E-state index contributed by atoms with van der Waals surface area (Å²) >= 11 is 3.53. The van der Waals surface area contributed by atoms with Crippen molar-refractivity contribution in [3.05, 3.63) is 40.4 Å². The van der Waals surface area contributed by atoms with E-state index in [0.717, 1.165) is 17.3 Å². The Bertz CT molecular complexity index is 620. The molecule has 0 spiro atoms. The van der Waals surface area contributed by atoms with E-state index in [1.165, 1.54) is 11.1 Å². The fraction of sp³-hybridized carbons (Fsp3) is 0.526. The van der Waals surface area contributed by atoms with Crippen molar-refractivity contribution in [3.63, 3.8) is 0 Å². The zero-order chi connectivity index (χ0) is 17.9. The molecule has 4 nitrogen and oxygen atoms in total. The van der Waals surface area contributed by atoms with E-state index in [1.54, 1.807) is 0 Å². The molecule has 24 heavy (non-hydrogen) atoms. The average Bonchev–Trinajstić information content (AvgIpc) is 2.45. The van der Waals surface area contributed by atoms with E-state index in [4.69, 9.17) is 4.74 Å². The van der Waals surface area contributed by atoms with E-state index in [2.05, 4.69) is 64.5 Å². The van der Waals surface area contributed by atoms with E-state index < -0.39 is 5.60 Å². The molecule has 2 rings (SSSR count). The molecule has 1 aliphatic rings. The lowest BCUT2D eigenvalue weighted by Gasteiger charge is -2.36. The molecule has 1 aromatic carbocycles. The van der Waals surface area contributed by atoms with Crippen molar-refractivity contribution >= 4 is 27.6 Å². The Balaban J connectivity index is 2.12. The van der Waals surface area contributed by atoms with Crippen LogP contribution in [0.25, 0.3) is 5.57 Å². The first-order valence-corrected chi connectivity index (χ1v) is 9.06. The van der Waals surface area contributed by atoms with Crippen molar-refractivity contribution in [2.45, 2.75) is 51.3 Å². The van der Waals surface area contributed by atoms with Crippen molar-refractivity contribution in [1.82, 2.24) is 10.2 Å². The lowest BCUT2D eigenvalue weighted by atomic mass is 9.86. The van der Waals surface area contributed by atoms with Gasteiger partial charge in [0.05, 0.1) is 6.04 Å². The number of carbonyl (C=O) groups excluding carboxylic acids is 1. The van der Waals surface area contributed by atoms with Crippen LogP contribution >= 0.6 is 15.9 Å². The number of hydrogen-bond acceptors (Lipinski definition) is 3. The van der Waals surface area contributed by atoms with Gasteiger partial charge < -0.3 is 15.0 Å². The lowest BCUT2D eigenvalue weighted by Crippen LogP contribution is -2.51. The minimum absolute atomic E-state index is 0.0470. The zero-order valence-electron chi connectivity index (χ0n) is 15.1. The second-order valence-electron chi connectivity index (χ2n) is 7.46. The maximum atomic E-state index is 12.1. The second kappa shape index (κ2) is 7.70. The third kappa shape index (κ3) is 5.35. The van der Waals surface area contributed by atoms with Crippen LogP contribution in [0, 0.1) is 0 Å². The summed E-state index contributed by atoms with van der Waals surface area (Å²) in [5.74, 6) is 0. The number of amides is 1. The molecule has 5 heteroatoms. The van der Waals surface area contributed by atoms with E-state index >= 15 is 0 Å². The van der Waals surface area contributed by atoms with Crippen molar-refractivity contribution in [1.29, 1.82) is 0 Å². The van der Waals surface area contributed by atoms with Crippen molar-refractivity contribution in [3.8, 4) is 0 Å². The molecule has 1 amide bonds. The SMILES string of the molecule is CN(C)[C@H]1CC(c2cccc(Br)c2)=CCC1NC(=O)OC(C)(C)C. The fourth-order valence-electron chi connectivity index (χ4n) is 2.96. The van der Waals surface area contributed by atoms with Gasteiger partial charge in [0.1, 0.15) is 5.60 Å². The van der Waals surface area contributed by atoms with Gasteiger partial charge in [0.25, 0.3) is 0 Å². The number of nitrogens with zero attached hydrogens (tertiary/aromatic N) is 1. The molecule has 1 aromatic rings. The van der Waals surface area contributed by atoms with Gasteiger partial charge in [-0.05, 0) is 71.0 Å². The Hall–Kier alpha value is -1.33. The van der Waals surface area contributed by atoms with Crippen molar-refractivity contribution in [2.75, 3.05) is 14.1 Å². The van der Waals surface area contributed by atoms with E-state index in [1.807, 2.05) is 26.8 Å². The largest absolute Gasteiger partial charge is 0.444 e. The van der Waals surface area contributed by atoms with Gasteiger partial charge in [-0.2, -0.15) is 0 Å². The van der Waals surface area contributed by atoms with Crippen LogP contribution in [0.5, 0.6) is 0 Å². The van der Waals surface area contributed by atoms with Crippen LogP contribution in [0.4, 0.5) is 4.79 Å². The summed E-state index contributed by atoms with van der Waals surface area (Å²) < 4.78 is 6.48. The summed E-state index contributed by atoms with van der Waals surface area (Å²) in [5.41, 5.74) is 2.06. The van der Waals surface area contributed by atoms with Crippen LogP contribution < -0.4 is 5.32 Å². The predicted molar refractivity (Wildman–Crippen MR) is 102 cm³/mol. The quantitative estimate of drug-likeness (QED) is 0.822. The highest BCUT2D eigenvalue weighted by Crippen LogP contribution is 2.30. The number of nitrogens with one attached hydrogen (secondary N) is 1. The van der Waals surface area contributed by atoms with Crippen molar-refractivity contribution in [2.24, 2.45) is 0 Å². The number of likely N-dealkylation sites (N-methyl/N-ethyl adjacent to an activating group) is 1. The van der Waals surface area contributed by atoms with E-state index in [0.29, 0.717) is 0 Å². The predicted octanol–water partition coefficient (Wildman–Crippen LogP) is 4.45. The molecule has 1 N–H and O–H groups in total. The third-order valence-electron chi connectivity index (χ3n) is 4.07. The third-order valence-corrected chi connectivity index (χ3v) is 4.57. The molecule has 0 saturated heterocycles. The fourth-order valence-corrected chi connectivity index (χ4v) is 3.36. The molecule has 0 radical (unpaired) electrons. The molecule has 0 aromatic heterocycles. The Morgan fingerprint density at radius 2 is 2.04 bits per heavy atom. The number of ether oxygens (including phenoxy) is 1. The first kappa shape index (κ1) is 19.0. The van der Waals surface area contributed by atoms with Crippen molar-refractivity contribution < 1.29 is 9.53 Å². The number of halogens is 1. The first-order valence-electron chi connectivity index (χ1n) is 8.26. The van der Waals surface area contributed by atoms with Crippen LogP contribution in [-0.4, -0.2) is 42.8 Å². The van der Waals surface area contributed by atoms with Gasteiger partial charge in [0.2, 0.25) is 0 Å². The number of alkyl carbamates (subject to hydrolysis) is 1. The minimum atomic E-state index is -0.482. The number of hydrogen-bond donors (Lipinski definition) is 1. The molecule has 0 bridgehead atoms. The summed E-state index contributed by atoms with van der Waals surface area (Å²) in [6.07, 6.45) is 3.57. The molecule has 2 atom stereocenters. The van der Waals surface area contributed by atoms with E-state index in [9.17, 15) is 4.79 Å². The Morgan fingerprint density at radius 1 is 1.33 bits per heavy atom. The van der Waals surface area contributed by atoms with Gasteiger partial charge in [-0.25, -0.2) is 4.79 Å². The van der Waals surface area contributed by atoms with Crippen LogP contribution in [0.15, 0.2) is 34.8 Å². The molecule has 0 aliphatic heterocycles. The van der Waals surface area contributed by atoms with Gasteiger partial charge in [-0.1, -0.05) is 34.1 Å². The highest BCUT2D eigenvalue weighted by molar-refractivity contribution is 9.10. The normalized spacial score (nSPS) is 21.4. The summed E-state index contributed by atoms with van der Waals surface area (Å²) in [7, 11) is 4.11. The Morgan fingerprint density at radius 3 is 2.62 bits per heavy atom. The average molecular weight is 395 g/mol. The summed E-state index contributed by atoms with van der Waals surface area (Å²) in [6, 6.07) is 8.63. The Labute approximate surface area is 153 Å². The smallest absolute Gasteiger partial charge is 0.407 e. The highest BCUT2D eigenvalue weighted by atomic mass is 79.9. The number of benzene rings is 1. The maximum absolute atomic E-state index is 12.1. The van der Waals surface area contributed by atoms with Gasteiger partial charge in [0.15, 0.2) is 0 Å². The van der Waals surface area contributed by atoms with Crippen LogP contribution in [0.2, 0.25) is 0 Å². The molecule has 1 aliphatic carbocycles. The number of rotatable bonds is 3.